The van der Waals surface area contributed by atoms with Crippen LogP contribution in [0.5, 0.6) is 0 Å². The summed E-state index contributed by atoms with van der Waals surface area (Å²) in [7, 11) is 0. The molecule has 1 N–H and O–H groups in total. The van der Waals surface area contributed by atoms with E-state index in [1.54, 1.807) is 6.92 Å². The van der Waals surface area contributed by atoms with Crippen LogP contribution in [0.2, 0.25) is 0 Å². The quantitative estimate of drug-likeness (QED) is 0.539. The van der Waals surface area contributed by atoms with E-state index < -0.39 is 0 Å². The Morgan fingerprint density at radius 2 is 2.36 bits per heavy atom. The first kappa shape index (κ1) is 7.10. The van der Waals surface area contributed by atoms with Crippen LogP contribution in [-0.2, 0) is 4.79 Å². The van der Waals surface area contributed by atoms with Gasteiger partial charge in [-0.15, -0.1) is 0 Å². The normalized spacial score (nSPS) is 35.9. The maximum Gasteiger partial charge on any atom is 0.220 e. The zero-order valence-corrected chi connectivity index (χ0v) is 6.84. The topological polar surface area (TPSA) is 32.3 Å². The Hall–Kier alpha value is -0.570. The van der Waals surface area contributed by atoms with E-state index >= 15 is 0 Å². The maximum absolute atomic E-state index is 11.1. The molecule has 1 amide bonds. The van der Waals surface area contributed by atoms with Crippen LogP contribution in [0.4, 0.5) is 0 Å². The third-order valence-corrected chi connectivity index (χ3v) is 2.73. The number of amides is 1. The first-order valence-electron chi connectivity index (χ1n) is 4.28. The first-order chi connectivity index (χ1) is 5.27. The summed E-state index contributed by atoms with van der Waals surface area (Å²) in [5.74, 6) is 0.927. The van der Waals surface area contributed by atoms with Crippen molar-refractivity contribution in [2.24, 2.45) is 5.92 Å². The fourth-order valence-corrected chi connectivity index (χ4v) is 2.08. The fraction of sp³-hybridized carbons (Fsp3) is 0.875. The Balaban J connectivity index is 2.08. The predicted octanol–water partition coefficient (Wildman–Crippen LogP) is 0.174. The minimum absolute atomic E-state index is 0.215. The molecule has 2 bridgehead atoms. The average Bonchev–Trinajstić information content (AvgIpc) is 2.06. The van der Waals surface area contributed by atoms with Crippen molar-refractivity contribution in [3.05, 3.63) is 0 Å². The van der Waals surface area contributed by atoms with Gasteiger partial charge in [0, 0.05) is 20.0 Å². The van der Waals surface area contributed by atoms with Crippen molar-refractivity contribution in [1.82, 2.24) is 10.2 Å². The second-order valence-electron chi connectivity index (χ2n) is 3.54. The van der Waals surface area contributed by atoms with E-state index in [0.717, 1.165) is 19.5 Å². The molecular formula is C8H14N2O. The summed E-state index contributed by atoms with van der Waals surface area (Å²) in [6.07, 6.45) is 2.78. The monoisotopic (exact) mass is 154 g/mol. The Morgan fingerprint density at radius 1 is 1.55 bits per heavy atom. The van der Waals surface area contributed by atoms with Crippen molar-refractivity contribution in [1.29, 1.82) is 0 Å². The van der Waals surface area contributed by atoms with Gasteiger partial charge in [0.2, 0.25) is 5.91 Å². The number of rotatable bonds is 0. The van der Waals surface area contributed by atoms with Gasteiger partial charge in [0.25, 0.3) is 0 Å². The Kier molecular flexibility index (Phi) is 1.60. The van der Waals surface area contributed by atoms with E-state index in [1.807, 2.05) is 4.90 Å². The van der Waals surface area contributed by atoms with Crippen molar-refractivity contribution in [3.8, 4) is 0 Å². The van der Waals surface area contributed by atoms with Gasteiger partial charge < -0.3 is 4.90 Å². The molecule has 3 heterocycles. The lowest BCUT2D eigenvalue weighted by Crippen LogP contribution is -2.60. The molecule has 0 aromatic carbocycles. The summed E-state index contributed by atoms with van der Waals surface area (Å²) in [5.41, 5.74) is 0. The molecule has 3 aliphatic heterocycles. The first-order valence-corrected chi connectivity index (χ1v) is 4.28. The van der Waals surface area contributed by atoms with E-state index in [9.17, 15) is 4.79 Å². The van der Waals surface area contributed by atoms with Crippen LogP contribution in [-0.4, -0.2) is 30.1 Å². The van der Waals surface area contributed by atoms with Gasteiger partial charge >= 0.3 is 0 Å². The number of hydrogen-bond acceptors (Lipinski definition) is 2. The van der Waals surface area contributed by atoms with Crippen molar-refractivity contribution < 1.29 is 4.79 Å². The van der Waals surface area contributed by atoms with Crippen LogP contribution < -0.4 is 5.32 Å². The molecule has 11 heavy (non-hydrogen) atoms. The van der Waals surface area contributed by atoms with E-state index in [4.69, 9.17) is 0 Å². The molecule has 0 aliphatic carbocycles. The standard InChI is InChI=1S/C8H14N2O/c1-6(11)10-5-7-2-3-8(10)9-4-7/h7-9H,2-5H2,1H3. The van der Waals surface area contributed by atoms with Gasteiger partial charge in [0.1, 0.15) is 0 Å². The van der Waals surface area contributed by atoms with Crippen LogP contribution in [0.25, 0.3) is 0 Å². The van der Waals surface area contributed by atoms with E-state index in [0.29, 0.717) is 12.1 Å². The van der Waals surface area contributed by atoms with Gasteiger partial charge in [-0.05, 0) is 18.8 Å². The van der Waals surface area contributed by atoms with Crippen molar-refractivity contribution in [2.75, 3.05) is 13.1 Å². The van der Waals surface area contributed by atoms with Crippen molar-refractivity contribution in [2.45, 2.75) is 25.9 Å². The van der Waals surface area contributed by atoms with Gasteiger partial charge in [0.15, 0.2) is 0 Å². The Labute approximate surface area is 66.8 Å². The lowest BCUT2D eigenvalue weighted by atomic mass is 9.91. The average molecular weight is 154 g/mol. The van der Waals surface area contributed by atoms with E-state index in [-0.39, 0.29) is 5.91 Å². The molecule has 0 aromatic heterocycles. The molecule has 2 atom stereocenters. The molecule has 62 valence electrons. The van der Waals surface area contributed by atoms with E-state index in [2.05, 4.69) is 5.32 Å². The zero-order chi connectivity index (χ0) is 7.84. The molecule has 0 saturated carbocycles. The van der Waals surface area contributed by atoms with Crippen LogP contribution >= 0.6 is 0 Å². The smallest absolute Gasteiger partial charge is 0.220 e. The highest BCUT2D eigenvalue weighted by atomic mass is 16.2. The summed E-state index contributed by atoms with van der Waals surface area (Å²) in [6.45, 7) is 3.74. The van der Waals surface area contributed by atoms with Crippen molar-refractivity contribution >= 4 is 5.91 Å². The minimum atomic E-state index is 0.215. The second kappa shape index (κ2) is 2.48. The van der Waals surface area contributed by atoms with E-state index in [1.165, 1.54) is 6.42 Å². The molecule has 3 fully saturated rings. The van der Waals surface area contributed by atoms with Crippen molar-refractivity contribution in [3.63, 3.8) is 0 Å². The number of carbonyl (C=O) groups is 1. The largest absolute Gasteiger partial charge is 0.327 e. The number of fused-ring (bicyclic) bond motifs is 3. The third-order valence-electron chi connectivity index (χ3n) is 2.73. The minimum Gasteiger partial charge on any atom is -0.327 e. The molecule has 3 aliphatic rings. The maximum atomic E-state index is 11.1. The van der Waals surface area contributed by atoms with Crippen LogP contribution in [0.3, 0.4) is 0 Å². The lowest BCUT2D eigenvalue weighted by molar-refractivity contribution is -0.136. The molecule has 2 unspecified atom stereocenters. The number of piperidine rings is 2. The number of nitrogens with zero attached hydrogens (tertiary/aromatic N) is 1. The van der Waals surface area contributed by atoms with Gasteiger partial charge in [-0.1, -0.05) is 0 Å². The number of carbonyl (C=O) groups excluding carboxylic acids is 1. The molecule has 0 aromatic rings. The summed E-state index contributed by atoms with van der Waals surface area (Å²) in [4.78, 5) is 13.0. The van der Waals surface area contributed by atoms with Gasteiger partial charge in [-0.3, -0.25) is 10.1 Å². The predicted molar refractivity (Wildman–Crippen MR) is 41.9 cm³/mol. The Morgan fingerprint density at radius 3 is 2.64 bits per heavy atom. The molecular weight excluding hydrogens is 140 g/mol. The summed E-state index contributed by atoms with van der Waals surface area (Å²) in [5, 5.41) is 3.36. The zero-order valence-electron chi connectivity index (χ0n) is 6.84. The van der Waals surface area contributed by atoms with Gasteiger partial charge in [-0.25, -0.2) is 0 Å². The SMILES string of the molecule is CC(=O)N1CC2CCC1NC2. The fourth-order valence-electron chi connectivity index (χ4n) is 2.08. The van der Waals surface area contributed by atoms with Gasteiger partial charge in [-0.2, -0.15) is 0 Å². The van der Waals surface area contributed by atoms with Crippen LogP contribution in [0.15, 0.2) is 0 Å². The van der Waals surface area contributed by atoms with Crippen LogP contribution in [0, 0.1) is 5.92 Å². The molecule has 3 saturated heterocycles. The van der Waals surface area contributed by atoms with Gasteiger partial charge in [0.05, 0.1) is 6.17 Å². The lowest BCUT2D eigenvalue weighted by Gasteiger charge is -2.45. The highest BCUT2D eigenvalue weighted by molar-refractivity contribution is 5.73. The molecule has 3 nitrogen and oxygen atoms in total. The summed E-state index contributed by atoms with van der Waals surface area (Å²) >= 11 is 0. The third kappa shape index (κ3) is 1.13. The molecule has 3 heteroatoms. The highest BCUT2D eigenvalue weighted by Crippen LogP contribution is 2.24. The molecule has 3 rings (SSSR count). The highest BCUT2D eigenvalue weighted by Gasteiger charge is 2.34. The number of hydrogen-bond donors (Lipinski definition) is 1. The summed E-state index contributed by atoms with van der Waals surface area (Å²) < 4.78 is 0. The molecule has 0 radical (unpaired) electrons. The number of nitrogens with one attached hydrogen (secondary N) is 1. The summed E-state index contributed by atoms with van der Waals surface area (Å²) in [6, 6.07) is 0. The van der Waals surface area contributed by atoms with Crippen LogP contribution in [0.1, 0.15) is 19.8 Å². The Bertz CT molecular complexity index is 173. The second-order valence-corrected chi connectivity index (χ2v) is 3.54. The molecule has 0 spiro atoms.